The number of hydrogen-bond acceptors (Lipinski definition) is 3. The quantitative estimate of drug-likeness (QED) is 0.597. The van der Waals surface area contributed by atoms with Crippen molar-refractivity contribution in [3.8, 4) is 0 Å². The van der Waals surface area contributed by atoms with Crippen molar-refractivity contribution in [2.75, 3.05) is 19.6 Å². The van der Waals surface area contributed by atoms with Crippen molar-refractivity contribution in [2.24, 2.45) is 5.73 Å². The number of rotatable bonds is 5. The van der Waals surface area contributed by atoms with Gasteiger partial charge in [-0.15, -0.1) is 0 Å². The minimum Gasteiger partial charge on any atom is -0.392 e. The van der Waals surface area contributed by atoms with Crippen LogP contribution in [0.1, 0.15) is 20.8 Å². The van der Waals surface area contributed by atoms with E-state index < -0.39 is 0 Å². The van der Waals surface area contributed by atoms with Crippen molar-refractivity contribution in [3.05, 3.63) is 0 Å². The summed E-state index contributed by atoms with van der Waals surface area (Å²) in [6.45, 7) is 8.37. The second kappa shape index (κ2) is 5.52. The summed E-state index contributed by atoms with van der Waals surface area (Å²) >= 11 is 0. The molecule has 68 valence electrons. The largest absolute Gasteiger partial charge is 0.392 e. The summed E-state index contributed by atoms with van der Waals surface area (Å²) in [5.74, 6) is 0. The van der Waals surface area contributed by atoms with Crippen molar-refractivity contribution in [2.45, 2.75) is 32.9 Å². The van der Waals surface area contributed by atoms with Gasteiger partial charge in [0.1, 0.15) is 0 Å². The van der Waals surface area contributed by atoms with Gasteiger partial charge in [0.05, 0.1) is 6.10 Å². The van der Waals surface area contributed by atoms with E-state index in [0.717, 1.165) is 13.1 Å². The first-order valence-electron chi connectivity index (χ1n) is 4.25. The van der Waals surface area contributed by atoms with Crippen molar-refractivity contribution in [1.82, 2.24) is 4.90 Å². The summed E-state index contributed by atoms with van der Waals surface area (Å²) in [6, 6.07) is 0.212. The monoisotopic (exact) mass is 160 g/mol. The highest BCUT2D eigenvalue weighted by molar-refractivity contribution is 4.70. The fourth-order valence-electron chi connectivity index (χ4n) is 1.12. The topological polar surface area (TPSA) is 49.5 Å². The lowest BCUT2D eigenvalue weighted by molar-refractivity contribution is 0.0759. The van der Waals surface area contributed by atoms with Crippen LogP contribution < -0.4 is 5.73 Å². The maximum absolute atomic E-state index is 9.27. The molecule has 3 N–H and O–H groups in total. The first kappa shape index (κ1) is 10.9. The van der Waals surface area contributed by atoms with E-state index in [1.54, 1.807) is 0 Å². The third-order valence-electron chi connectivity index (χ3n) is 2.10. The summed E-state index contributed by atoms with van der Waals surface area (Å²) in [5.41, 5.74) is 5.42. The van der Waals surface area contributed by atoms with Crippen LogP contribution in [0.3, 0.4) is 0 Å². The molecule has 0 rings (SSSR count). The molecule has 0 aromatic carbocycles. The Morgan fingerprint density at radius 1 is 1.45 bits per heavy atom. The summed E-state index contributed by atoms with van der Waals surface area (Å²) in [5, 5.41) is 9.27. The molecule has 0 aliphatic carbocycles. The van der Waals surface area contributed by atoms with Gasteiger partial charge in [-0.3, -0.25) is 4.90 Å². The van der Waals surface area contributed by atoms with Crippen molar-refractivity contribution < 1.29 is 5.11 Å². The van der Waals surface area contributed by atoms with Gasteiger partial charge in [-0.2, -0.15) is 0 Å². The first-order valence-corrected chi connectivity index (χ1v) is 4.25. The third-order valence-corrected chi connectivity index (χ3v) is 2.10. The van der Waals surface area contributed by atoms with E-state index in [1.165, 1.54) is 0 Å². The predicted octanol–water partition coefficient (Wildman–Crippen LogP) is 0.0363. The van der Waals surface area contributed by atoms with E-state index in [-0.39, 0.29) is 12.1 Å². The Kier molecular flexibility index (Phi) is 5.46. The van der Waals surface area contributed by atoms with Crippen LogP contribution >= 0.6 is 0 Å². The van der Waals surface area contributed by atoms with Gasteiger partial charge in [0.15, 0.2) is 0 Å². The second-order valence-corrected chi connectivity index (χ2v) is 2.90. The van der Waals surface area contributed by atoms with E-state index in [1.807, 2.05) is 13.8 Å². The van der Waals surface area contributed by atoms with Gasteiger partial charge in [-0.1, -0.05) is 6.92 Å². The molecule has 0 amide bonds. The molecule has 0 radical (unpaired) electrons. The van der Waals surface area contributed by atoms with E-state index in [2.05, 4.69) is 11.8 Å². The minimum absolute atomic E-state index is 0.212. The number of nitrogens with two attached hydrogens (primary N) is 1. The van der Waals surface area contributed by atoms with E-state index in [0.29, 0.717) is 6.54 Å². The smallest absolute Gasteiger partial charge is 0.0664 e. The van der Waals surface area contributed by atoms with Crippen molar-refractivity contribution in [3.63, 3.8) is 0 Å². The Balaban J connectivity index is 3.81. The van der Waals surface area contributed by atoms with Crippen molar-refractivity contribution in [1.29, 1.82) is 0 Å². The minimum atomic E-state index is -0.276. The standard InChI is InChI=1S/C8H20N2O/c1-4-10(6-5-9)7(2)8(3)11/h7-8,11H,4-6,9H2,1-3H3. The molecule has 0 aromatic heterocycles. The third kappa shape index (κ3) is 3.70. The van der Waals surface area contributed by atoms with E-state index in [9.17, 15) is 5.11 Å². The zero-order valence-corrected chi connectivity index (χ0v) is 7.75. The lowest BCUT2D eigenvalue weighted by Crippen LogP contribution is -2.42. The van der Waals surface area contributed by atoms with E-state index in [4.69, 9.17) is 5.73 Å². The van der Waals surface area contributed by atoms with Crippen LogP contribution in [0.2, 0.25) is 0 Å². The fourth-order valence-corrected chi connectivity index (χ4v) is 1.12. The highest BCUT2D eigenvalue weighted by Crippen LogP contribution is 2.02. The average molecular weight is 160 g/mol. The van der Waals surface area contributed by atoms with Gasteiger partial charge < -0.3 is 10.8 Å². The fraction of sp³-hybridized carbons (Fsp3) is 1.00. The van der Waals surface area contributed by atoms with Crippen LogP contribution in [0, 0.1) is 0 Å². The number of aliphatic hydroxyl groups excluding tert-OH is 1. The normalized spacial score (nSPS) is 16.9. The Morgan fingerprint density at radius 3 is 2.27 bits per heavy atom. The molecule has 3 nitrogen and oxygen atoms in total. The van der Waals surface area contributed by atoms with Crippen LogP contribution in [-0.4, -0.2) is 41.8 Å². The molecule has 0 bridgehead atoms. The molecule has 0 aliphatic heterocycles. The zero-order valence-electron chi connectivity index (χ0n) is 7.75. The number of nitrogens with zero attached hydrogens (tertiary/aromatic N) is 1. The van der Waals surface area contributed by atoms with Crippen molar-refractivity contribution >= 4 is 0 Å². The second-order valence-electron chi connectivity index (χ2n) is 2.90. The molecule has 0 aromatic rings. The predicted molar refractivity (Wildman–Crippen MR) is 47.4 cm³/mol. The Hall–Kier alpha value is -0.120. The molecular formula is C8H20N2O. The molecule has 11 heavy (non-hydrogen) atoms. The Bertz CT molecular complexity index is 96.1. The number of aliphatic hydroxyl groups is 1. The van der Waals surface area contributed by atoms with Gasteiger partial charge >= 0.3 is 0 Å². The molecule has 0 saturated heterocycles. The molecular weight excluding hydrogens is 140 g/mol. The molecule has 0 aliphatic rings. The number of likely N-dealkylation sites (N-methyl/N-ethyl adjacent to an activating group) is 1. The van der Waals surface area contributed by atoms with Gasteiger partial charge in [0.25, 0.3) is 0 Å². The molecule has 2 unspecified atom stereocenters. The van der Waals surface area contributed by atoms with Crippen LogP contribution in [0.25, 0.3) is 0 Å². The summed E-state index contributed by atoms with van der Waals surface area (Å²) < 4.78 is 0. The van der Waals surface area contributed by atoms with Crippen LogP contribution in [0.15, 0.2) is 0 Å². The van der Waals surface area contributed by atoms with Gasteiger partial charge in [-0.25, -0.2) is 0 Å². The molecule has 0 fully saturated rings. The summed E-state index contributed by atoms with van der Waals surface area (Å²) in [4.78, 5) is 2.17. The van der Waals surface area contributed by atoms with Gasteiger partial charge in [0, 0.05) is 19.1 Å². The van der Waals surface area contributed by atoms with Crippen LogP contribution in [-0.2, 0) is 0 Å². The van der Waals surface area contributed by atoms with Crippen LogP contribution in [0.4, 0.5) is 0 Å². The highest BCUT2D eigenvalue weighted by Gasteiger charge is 2.15. The van der Waals surface area contributed by atoms with E-state index >= 15 is 0 Å². The SMILES string of the molecule is CCN(CCN)C(C)C(C)O. The zero-order chi connectivity index (χ0) is 8.85. The first-order chi connectivity index (χ1) is 5.13. The molecule has 0 heterocycles. The number of hydrogen-bond donors (Lipinski definition) is 2. The molecule has 0 saturated carbocycles. The maximum Gasteiger partial charge on any atom is 0.0664 e. The van der Waals surface area contributed by atoms with Gasteiger partial charge in [-0.05, 0) is 20.4 Å². The van der Waals surface area contributed by atoms with Gasteiger partial charge in [0.2, 0.25) is 0 Å². The lowest BCUT2D eigenvalue weighted by Gasteiger charge is -2.29. The van der Waals surface area contributed by atoms with Crippen LogP contribution in [0.5, 0.6) is 0 Å². The lowest BCUT2D eigenvalue weighted by atomic mass is 10.2. The molecule has 0 spiro atoms. The summed E-state index contributed by atoms with van der Waals surface area (Å²) in [7, 11) is 0. The average Bonchev–Trinajstić information content (AvgIpc) is 1.98. The summed E-state index contributed by atoms with van der Waals surface area (Å²) in [6.07, 6.45) is -0.276. The Morgan fingerprint density at radius 2 is 2.00 bits per heavy atom. The molecule has 2 atom stereocenters. The Labute approximate surface area is 69.2 Å². The molecule has 3 heteroatoms. The highest BCUT2D eigenvalue weighted by atomic mass is 16.3. The maximum atomic E-state index is 9.27.